The van der Waals surface area contributed by atoms with E-state index in [2.05, 4.69) is 53.8 Å². The molecule has 1 aromatic carbocycles. The van der Waals surface area contributed by atoms with E-state index in [0.717, 1.165) is 5.56 Å². The third-order valence-corrected chi connectivity index (χ3v) is 4.34. The highest BCUT2D eigenvalue weighted by Gasteiger charge is 2.10. The van der Waals surface area contributed by atoms with E-state index in [-0.39, 0.29) is 10.7 Å². The average Bonchev–Trinajstić information content (AvgIpc) is 2.33. The van der Waals surface area contributed by atoms with Gasteiger partial charge in [-0.2, -0.15) is 0 Å². The molecule has 2 rings (SSSR count). The summed E-state index contributed by atoms with van der Waals surface area (Å²) in [6.07, 6.45) is 1.48. The van der Waals surface area contributed by atoms with Crippen molar-refractivity contribution in [1.82, 2.24) is 9.55 Å². The molecule has 1 aromatic heterocycles. The summed E-state index contributed by atoms with van der Waals surface area (Å²) in [5, 5.41) is 0.193. The van der Waals surface area contributed by atoms with Crippen LogP contribution in [0.15, 0.2) is 27.7 Å². The molecule has 0 atom stereocenters. The number of hydrogen-bond donors (Lipinski definition) is 0. The monoisotopic (exact) mass is 340 g/mol. The minimum Gasteiger partial charge on any atom is -0.294 e. The molecule has 0 saturated carbocycles. The summed E-state index contributed by atoms with van der Waals surface area (Å²) >= 11 is 8.97. The molecule has 1 heterocycles. The number of hydrogen-bond acceptors (Lipinski definition) is 2. The van der Waals surface area contributed by atoms with E-state index >= 15 is 0 Å². The highest BCUT2D eigenvalue weighted by Crippen LogP contribution is 2.18. The van der Waals surface area contributed by atoms with Crippen LogP contribution in [0.5, 0.6) is 0 Å². The molecule has 0 unspecified atom stereocenters. The maximum atomic E-state index is 12.1. The van der Waals surface area contributed by atoms with Crippen molar-refractivity contribution in [2.75, 3.05) is 0 Å². The van der Waals surface area contributed by atoms with Crippen LogP contribution in [0.3, 0.4) is 0 Å². The van der Waals surface area contributed by atoms with Crippen molar-refractivity contribution in [3.63, 3.8) is 0 Å². The van der Waals surface area contributed by atoms with Gasteiger partial charge in [-0.15, -0.1) is 0 Å². The zero-order valence-electron chi connectivity index (χ0n) is 11.0. The van der Waals surface area contributed by atoms with E-state index in [1.165, 1.54) is 23.0 Å². The molecule has 0 N–H and O–H groups in total. The maximum Gasteiger partial charge on any atom is 0.269 e. The summed E-state index contributed by atoms with van der Waals surface area (Å²) in [6, 6.07) is 4.23. The second-order valence-electron chi connectivity index (χ2n) is 4.66. The Morgan fingerprint density at radius 2 is 1.84 bits per heavy atom. The number of aromatic nitrogens is 2. The van der Waals surface area contributed by atoms with Gasteiger partial charge < -0.3 is 0 Å². The van der Waals surface area contributed by atoms with Crippen molar-refractivity contribution in [2.45, 2.75) is 27.3 Å². The van der Waals surface area contributed by atoms with Crippen molar-refractivity contribution in [3.8, 4) is 0 Å². The van der Waals surface area contributed by atoms with Gasteiger partial charge in [0.1, 0.15) is 4.47 Å². The minimum absolute atomic E-state index is 0.167. The first-order valence-electron chi connectivity index (χ1n) is 5.87. The summed E-state index contributed by atoms with van der Waals surface area (Å²) in [5.41, 5.74) is 4.55. The molecule has 19 heavy (non-hydrogen) atoms. The van der Waals surface area contributed by atoms with Gasteiger partial charge in [0.05, 0.1) is 12.9 Å². The van der Waals surface area contributed by atoms with Crippen molar-refractivity contribution in [3.05, 3.63) is 60.7 Å². The molecule has 0 aliphatic carbocycles. The van der Waals surface area contributed by atoms with E-state index in [9.17, 15) is 4.79 Å². The second-order valence-corrected chi connectivity index (χ2v) is 5.81. The molecule has 0 amide bonds. The molecular formula is C14H14BrClN2O. The van der Waals surface area contributed by atoms with E-state index in [1.807, 2.05) is 0 Å². The molecule has 0 fully saturated rings. The van der Waals surface area contributed by atoms with Gasteiger partial charge in [0.25, 0.3) is 5.56 Å². The van der Waals surface area contributed by atoms with Crippen LogP contribution in [0.1, 0.15) is 22.3 Å². The molecule has 0 aliphatic rings. The molecule has 3 nitrogen and oxygen atoms in total. The van der Waals surface area contributed by atoms with Gasteiger partial charge >= 0.3 is 0 Å². The normalized spacial score (nSPS) is 10.8. The Bertz CT molecular complexity index is 671. The highest BCUT2D eigenvalue weighted by atomic mass is 79.9. The smallest absolute Gasteiger partial charge is 0.269 e. The van der Waals surface area contributed by atoms with Gasteiger partial charge in [-0.25, -0.2) is 4.98 Å². The van der Waals surface area contributed by atoms with Gasteiger partial charge in [0, 0.05) is 0 Å². The van der Waals surface area contributed by atoms with Crippen LogP contribution in [-0.4, -0.2) is 9.55 Å². The van der Waals surface area contributed by atoms with Crippen LogP contribution in [-0.2, 0) is 6.54 Å². The Labute approximate surface area is 125 Å². The maximum absolute atomic E-state index is 12.1. The van der Waals surface area contributed by atoms with Crippen LogP contribution >= 0.6 is 27.5 Å². The second kappa shape index (κ2) is 5.47. The first-order chi connectivity index (χ1) is 8.90. The molecule has 0 spiro atoms. The Balaban J connectivity index is 2.48. The topological polar surface area (TPSA) is 34.9 Å². The zero-order valence-corrected chi connectivity index (χ0v) is 13.3. The summed E-state index contributed by atoms with van der Waals surface area (Å²) < 4.78 is 1.86. The Morgan fingerprint density at radius 1 is 1.26 bits per heavy atom. The first-order valence-corrected chi connectivity index (χ1v) is 7.04. The largest absolute Gasteiger partial charge is 0.294 e. The van der Waals surface area contributed by atoms with Gasteiger partial charge in [-0.05, 0) is 53.4 Å². The Hall–Kier alpha value is -1.13. The number of halogens is 2. The SMILES string of the molecule is Cc1cc(C)c(Cn2cnc(Cl)c(Br)c2=O)c(C)c1. The number of nitrogens with zero attached hydrogens (tertiary/aromatic N) is 2. The fraction of sp³-hybridized carbons (Fsp3) is 0.286. The molecule has 5 heteroatoms. The third kappa shape index (κ3) is 2.90. The summed E-state index contributed by atoms with van der Waals surface area (Å²) in [4.78, 5) is 16.1. The lowest BCUT2D eigenvalue weighted by Gasteiger charge is -2.13. The van der Waals surface area contributed by atoms with Crippen LogP contribution in [0.25, 0.3) is 0 Å². The van der Waals surface area contributed by atoms with E-state index in [0.29, 0.717) is 11.0 Å². The summed E-state index contributed by atoms with van der Waals surface area (Å²) in [6.45, 7) is 6.67. The molecule has 0 aliphatic heterocycles. The van der Waals surface area contributed by atoms with Gasteiger partial charge in [0.2, 0.25) is 0 Å². The van der Waals surface area contributed by atoms with Gasteiger partial charge in [-0.1, -0.05) is 29.3 Å². The fourth-order valence-corrected chi connectivity index (χ4v) is 2.64. The van der Waals surface area contributed by atoms with Crippen molar-refractivity contribution in [2.24, 2.45) is 0 Å². The van der Waals surface area contributed by atoms with Crippen LogP contribution < -0.4 is 5.56 Å². The van der Waals surface area contributed by atoms with Crippen LogP contribution in [0.2, 0.25) is 5.15 Å². The quantitative estimate of drug-likeness (QED) is 0.782. The van der Waals surface area contributed by atoms with E-state index in [1.54, 1.807) is 4.57 Å². The predicted molar refractivity (Wildman–Crippen MR) is 81.0 cm³/mol. The fourth-order valence-electron chi connectivity index (χ4n) is 2.19. The Morgan fingerprint density at radius 3 is 2.42 bits per heavy atom. The van der Waals surface area contributed by atoms with Gasteiger partial charge in [0.15, 0.2) is 5.15 Å². The number of benzene rings is 1. The van der Waals surface area contributed by atoms with Crippen LogP contribution in [0, 0.1) is 20.8 Å². The standard InChI is InChI=1S/C14H14BrClN2O/c1-8-4-9(2)11(10(3)5-8)6-18-7-17-13(16)12(15)14(18)19/h4-5,7H,6H2,1-3H3. The molecule has 100 valence electrons. The first kappa shape index (κ1) is 14.3. The third-order valence-electron chi connectivity index (χ3n) is 3.11. The van der Waals surface area contributed by atoms with Crippen LogP contribution in [0.4, 0.5) is 0 Å². The molecule has 0 bridgehead atoms. The lowest BCUT2D eigenvalue weighted by Crippen LogP contribution is -2.22. The van der Waals surface area contributed by atoms with Crippen molar-refractivity contribution < 1.29 is 0 Å². The zero-order chi connectivity index (χ0) is 14.2. The molecular weight excluding hydrogens is 328 g/mol. The number of rotatable bonds is 2. The summed E-state index contributed by atoms with van der Waals surface area (Å²) in [5.74, 6) is 0. The Kier molecular flexibility index (Phi) is 4.11. The average molecular weight is 342 g/mol. The van der Waals surface area contributed by atoms with Crippen molar-refractivity contribution >= 4 is 27.5 Å². The minimum atomic E-state index is -0.167. The van der Waals surface area contributed by atoms with Crippen molar-refractivity contribution in [1.29, 1.82) is 0 Å². The summed E-state index contributed by atoms with van der Waals surface area (Å²) in [7, 11) is 0. The molecule has 2 aromatic rings. The van der Waals surface area contributed by atoms with Gasteiger partial charge in [-0.3, -0.25) is 9.36 Å². The lowest BCUT2D eigenvalue weighted by molar-refractivity contribution is 0.724. The molecule has 0 radical (unpaired) electrons. The lowest BCUT2D eigenvalue weighted by atomic mass is 10.00. The predicted octanol–water partition coefficient (Wildman–Crippen LogP) is 3.63. The molecule has 0 saturated heterocycles. The highest BCUT2D eigenvalue weighted by molar-refractivity contribution is 9.10. The van der Waals surface area contributed by atoms with E-state index < -0.39 is 0 Å². The van der Waals surface area contributed by atoms with E-state index in [4.69, 9.17) is 11.6 Å². The number of aryl methyl sites for hydroxylation is 3.